The number of anilines is 2. The van der Waals surface area contributed by atoms with E-state index in [1.54, 1.807) is 6.20 Å². The van der Waals surface area contributed by atoms with Crippen molar-refractivity contribution in [3.63, 3.8) is 0 Å². The topological polar surface area (TPSA) is 64.0 Å². The molecular weight excluding hydrogens is 306 g/mol. The van der Waals surface area contributed by atoms with E-state index in [0.29, 0.717) is 23.8 Å². The fourth-order valence-corrected chi connectivity index (χ4v) is 2.48. The van der Waals surface area contributed by atoms with Gasteiger partial charge in [0.05, 0.1) is 7.57 Å². The third-order valence-corrected chi connectivity index (χ3v) is 4.10. The first kappa shape index (κ1) is 14.2. The minimum Gasteiger partial charge on any atom is -0.400 e. The van der Waals surface area contributed by atoms with Crippen LogP contribution in [0, 0.1) is 0 Å². The first-order chi connectivity index (χ1) is 11.4. The molecule has 3 aromatic rings. The Hall–Kier alpha value is -2.38. The van der Waals surface area contributed by atoms with Crippen molar-refractivity contribution in [1.82, 2.24) is 19.9 Å². The van der Waals surface area contributed by atoms with Crippen LogP contribution in [0.3, 0.4) is 0 Å². The summed E-state index contributed by atoms with van der Waals surface area (Å²) in [6.07, 6.45) is 3.08. The molecule has 0 amide bonds. The highest BCUT2D eigenvalue weighted by Gasteiger charge is 2.19. The van der Waals surface area contributed by atoms with E-state index in [9.17, 15) is 0 Å². The number of fused-ring (bicyclic) bond motifs is 1. The molecule has 2 heterocycles. The second-order valence-corrected chi connectivity index (χ2v) is 10.5. The molecule has 0 aliphatic heterocycles. The average Bonchev–Trinajstić information content (AvgIpc) is 2.54. The molecule has 23 heavy (non-hydrogen) atoms. The van der Waals surface area contributed by atoms with Gasteiger partial charge < -0.3 is 4.43 Å². The van der Waals surface area contributed by atoms with Gasteiger partial charge in [0.1, 0.15) is 12.2 Å². The summed E-state index contributed by atoms with van der Waals surface area (Å²) in [5.74, 6) is 0.479. The number of rotatable bonds is 5. The van der Waals surface area contributed by atoms with Crippen LogP contribution in [0.15, 0.2) is 48.9 Å². The minimum absolute atomic E-state index is 0.0803. The smallest absolute Gasteiger partial charge is 0.233 e. The maximum Gasteiger partial charge on any atom is 0.233 e. The molecule has 3 rings (SSSR count). The summed E-state index contributed by atoms with van der Waals surface area (Å²) in [5, 5.41) is 0. The van der Waals surface area contributed by atoms with Gasteiger partial charge in [0.25, 0.3) is 0 Å². The third kappa shape index (κ3) is 3.88. The molecule has 0 radical (unpaired) electrons. The molecule has 118 valence electrons. The van der Waals surface area contributed by atoms with Crippen LogP contribution < -0.4 is 4.90 Å². The summed E-state index contributed by atoms with van der Waals surface area (Å²) in [6.45, 7) is 6.76. The first-order valence-electron chi connectivity index (χ1n) is 7.85. The van der Waals surface area contributed by atoms with Crippen LogP contribution in [0.4, 0.5) is 11.6 Å². The maximum atomic E-state index is 7.62. The number of para-hydroxylation sites is 1. The third-order valence-electron chi connectivity index (χ3n) is 3.11. The van der Waals surface area contributed by atoms with Crippen LogP contribution in [0.2, 0.25) is 19.6 Å². The fraction of sp³-hybridized carbons (Fsp3) is 0.250. The van der Waals surface area contributed by atoms with Crippen molar-refractivity contribution in [1.29, 1.82) is 0 Å². The molecular formula is C16H19N5OSi. The zero-order valence-corrected chi connectivity index (χ0v) is 14.4. The number of benzene rings is 1. The number of hydrogen-bond donors (Lipinski definition) is 0. The van der Waals surface area contributed by atoms with Crippen molar-refractivity contribution in [2.75, 3.05) is 11.6 Å². The first-order valence-corrected chi connectivity index (χ1v) is 10.8. The van der Waals surface area contributed by atoms with Gasteiger partial charge in [0.15, 0.2) is 14.0 Å². The highest BCUT2D eigenvalue weighted by Crippen LogP contribution is 2.23. The van der Waals surface area contributed by atoms with Crippen LogP contribution in [0.5, 0.6) is 0 Å². The van der Waals surface area contributed by atoms with E-state index < -0.39 is 8.32 Å². The van der Waals surface area contributed by atoms with Gasteiger partial charge in [-0.1, -0.05) is 18.2 Å². The quantitative estimate of drug-likeness (QED) is 0.529. The highest BCUT2D eigenvalue weighted by molar-refractivity contribution is 6.69. The minimum atomic E-state index is -1.70. The number of hydrogen-bond acceptors (Lipinski definition) is 6. The molecule has 0 saturated heterocycles. The van der Waals surface area contributed by atoms with Gasteiger partial charge >= 0.3 is 0 Å². The Balaban J connectivity index is 2.01. The lowest BCUT2D eigenvalue weighted by atomic mass is 10.3. The Kier molecular flexibility index (Phi) is 3.95. The van der Waals surface area contributed by atoms with E-state index in [2.05, 4.69) is 39.6 Å². The second-order valence-electron chi connectivity index (χ2n) is 6.03. The van der Waals surface area contributed by atoms with E-state index in [0.717, 1.165) is 5.69 Å². The van der Waals surface area contributed by atoms with Crippen LogP contribution in [-0.2, 0) is 4.43 Å². The Morgan fingerprint density at radius 2 is 1.91 bits per heavy atom. The van der Waals surface area contributed by atoms with Gasteiger partial charge in [-0.3, -0.25) is 4.90 Å². The van der Waals surface area contributed by atoms with Crippen molar-refractivity contribution in [3.05, 3.63) is 48.9 Å². The largest absolute Gasteiger partial charge is 0.400 e. The summed E-state index contributed by atoms with van der Waals surface area (Å²) in [7, 11) is -1.70. The lowest BCUT2D eigenvalue weighted by molar-refractivity contribution is 0.319. The molecule has 0 N–H and O–H groups in total. The van der Waals surface area contributed by atoms with Crippen molar-refractivity contribution < 1.29 is 5.80 Å². The SMILES string of the molecule is [2H]c1cnc2cnc(N(CO[Si](C)(C)C)c3ccccc3)nc2n1. The van der Waals surface area contributed by atoms with E-state index in [1.165, 1.54) is 6.20 Å². The van der Waals surface area contributed by atoms with Crippen LogP contribution in [0.25, 0.3) is 11.2 Å². The molecule has 6 nitrogen and oxygen atoms in total. The fourth-order valence-electron chi connectivity index (χ4n) is 1.96. The van der Waals surface area contributed by atoms with Gasteiger partial charge in [0, 0.05) is 18.1 Å². The van der Waals surface area contributed by atoms with Gasteiger partial charge in [0.2, 0.25) is 5.95 Å². The number of nitrogens with zero attached hydrogens (tertiary/aromatic N) is 5. The van der Waals surface area contributed by atoms with Crippen LogP contribution in [-0.4, -0.2) is 35.0 Å². The molecule has 0 aliphatic carbocycles. The van der Waals surface area contributed by atoms with E-state index >= 15 is 0 Å². The van der Waals surface area contributed by atoms with Crippen LogP contribution >= 0.6 is 0 Å². The van der Waals surface area contributed by atoms with Gasteiger partial charge in [-0.15, -0.1) is 0 Å². The molecule has 0 unspecified atom stereocenters. The summed E-state index contributed by atoms with van der Waals surface area (Å²) < 4.78 is 13.7. The van der Waals surface area contributed by atoms with Crippen molar-refractivity contribution in [3.8, 4) is 0 Å². The molecule has 0 saturated carbocycles. The predicted molar refractivity (Wildman–Crippen MR) is 93.0 cm³/mol. The van der Waals surface area contributed by atoms with Gasteiger partial charge in [-0.05, 0) is 31.8 Å². The monoisotopic (exact) mass is 326 g/mol. The van der Waals surface area contributed by atoms with E-state index in [-0.39, 0.29) is 6.17 Å². The van der Waals surface area contributed by atoms with E-state index in [4.69, 9.17) is 5.80 Å². The summed E-state index contributed by atoms with van der Waals surface area (Å²) in [4.78, 5) is 19.0. The lowest BCUT2D eigenvalue weighted by Crippen LogP contribution is -2.33. The lowest BCUT2D eigenvalue weighted by Gasteiger charge is -2.27. The maximum absolute atomic E-state index is 7.62. The van der Waals surface area contributed by atoms with Crippen molar-refractivity contribution >= 4 is 31.1 Å². The van der Waals surface area contributed by atoms with Crippen molar-refractivity contribution in [2.24, 2.45) is 0 Å². The molecule has 2 aromatic heterocycles. The van der Waals surface area contributed by atoms with Crippen LogP contribution in [0.1, 0.15) is 1.37 Å². The zero-order chi connectivity index (χ0) is 17.2. The predicted octanol–water partition coefficient (Wildman–Crippen LogP) is 3.37. The molecule has 0 bridgehead atoms. The molecule has 0 aliphatic rings. The second kappa shape index (κ2) is 6.39. The summed E-state index contributed by atoms with van der Waals surface area (Å²) in [5.41, 5.74) is 1.90. The Morgan fingerprint density at radius 3 is 2.65 bits per heavy atom. The van der Waals surface area contributed by atoms with Gasteiger partial charge in [-0.25, -0.2) is 15.0 Å². The number of aromatic nitrogens is 4. The zero-order valence-electron chi connectivity index (χ0n) is 14.4. The highest BCUT2D eigenvalue weighted by atomic mass is 28.4. The molecule has 7 heteroatoms. The normalized spacial score (nSPS) is 12.2. The van der Waals surface area contributed by atoms with E-state index in [1.807, 2.05) is 35.2 Å². The summed E-state index contributed by atoms with van der Waals surface area (Å²) in [6, 6.07) is 9.83. The molecule has 0 fully saturated rings. The Labute approximate surface area is 137 Å². The standard InChI is InChI=1S/C16H19N5OSi/c1-23(2,3)22-12-21(13-7-5-4-6-8-13)16-19-11-14-15(20-16)18-10-9-17-14/h4-11H,12H2,1-3H3/i10D. The Bertz CT molecular complexity index is 841. The molecule has 0 atom stereocenters. The van der Waals surface area contributed by atoms with Crippen molar-refractivity contribution in [2.45, 2.75) is 19.6 Å². The van der Waals surface area contributed by atoms with Gasteiger partial charge in [-0.2, -0.15) is 4.98 Å². The average molecular weight is 326 g/mol. The molecule has 0 spiro atoms. The molecule has 1 aromatic carbocycles. The summed E-state index contributed by atoms with van der Waals surface area (Å²) >= 11 is 0. The Morgan fingerprint density at radius 1 is 1.13 bits per heavy atom.